The van der Waals surface area contributed by atoms with E-state index in [9.17, 15) is 22.8 Å². The molecule has 5 atom stereocenters. The number of likely N-dealkylation sites (tertiary alicyclic amines) is 1. The molecule has 0 aromatic rings. The molecule has 4 aliphatic rings. The third kappa shape index (κ3) is 6.63. The number of nitrogens with zero attached hydrogens (tertiary/aromatic N) is 1. The van der Waals surface area contributed by atoms with Crippen LogP contribution in [0.5, 0.6) is 0 Å². The van der Waals surface area contributed by atoms with E-state index in [1.54, 1.807) is 0 Å². The predicted molar refractivity (Wildman–Crippen MR) is 123 cm³/mol. The fraction of sp³-hybridized carbons (Fsp3) is 0.917. The maximum absolute atomic E-state index is 12.8. The summed E-state index contributed by atoms with van der Waals surface area (Å²) in [6.07, 6.45) is 3.05. The van der Waals surface area contributed by atoms with Gasteiger partial charge in [-0.15, -0.1) is 0 Å². The summed E-state index contributed by atoms with van der Waals surface area (Å²) in [6, 6.07) is -1.07. The first-order chi connectivity index (χ1) is 16.3. The minimum atomic E-state index is -4.24. The fourth-order valence-corrected chi connectivity index (χ4v) is 6.14. The van der Waals surface area contributed by atoms with Gasteiger partial charge in [-0.05, 0) is 69.9 Å². The van der Waals surface area contributed by atoms with Gasteiger partial charge in [0.15, 0.2) is 0 Å². The van der Waals surface area contributed by atoms with Crippen LogP contribution in [0.1, 0.15) is 57.8 Å². The van der Waals surface area contributed by atoms with Crippen molar-refractivity contribution in [1.29, 1.82) is 0 Å². The zero-order chi connectivity index (χ0) is 24.1. The largest absolute Gasteiger partial charge is 0.403 e. The van der Waals surface area contributed by atoms with Gasteiger partial charge in [-0.25, -0.2) is 0 Å². The van der Waals surface area contributed by atoms with Gasteiger partial charge in [-0.1, -0.05) is 12.8 Å². The van der Waals surface area contributed by atoms with Crippen molar-refractivity contribution in [1.82, 2.24) is 26.2 Å². The monoisotopic (exact) mass is 487 g/mol. The summed E-state index contributed by atoms with van der Waals surface area (Å²) < 4.78 is 38.4. The van der Waals surface area contributed by atoms with Gasteiger partial charge >= 0.3 is 6.18 Å². The second kappa shape index (κ2) is 11.6. The van der Waals surface area contributed by atoms with Gasteiger partial charge in [0, 0.05) is 32.2 Å². The zero-order valence-corrected chi connectivity index (χ0v) is 20.0. The van der Waals surface area contributed by atoms with Crippen LogP contribution in [0, 0.1) is 17.8 Å². The number of rotatable bonds is 7. The summed E-state index contributed by atoms with van der Waals surface area (Å²) in [5.41, 5.74) is 0. The smallest absolute Gasteiger partial charge is 0.355 e. The van der Waals surface area contributed by atoms with Crippen LogP contribution in [0.15, 0.2) is 0 Å². The van der Waals surface area contributed by atoms with E-state index >= 15 is 0 Å². The molecule has 7 nitrogen and oxygen atoms in total. The standard InChI is InChI=1S/C24H40F3N5O2/c25-24(26,27)21-5-4-17(15-30-21)23(34)32-11-7-16(8-12-32)3-1-2-9-29-22(33)20-13-18-14-28-10-6-19(18)31-20/h16-21,28,30-31H,1-15H2,(H,29,33). The highest BCUT2D eigenvalue weighted by Gasteiger charge is 2.43. The SMILES string of the molecule is O=C(NCCCCC1CCN(C(=O)C2CCC(C(F)(F)F)NC2)CC1)C1CC2CNCCC2N1. The molecule has 4 aliphatic heterocycles. The lowest BCUT2D eigenvalue weighted by molar-refractivity contribution is -0.165. The minimum absolute atomic E-state index is 0.00503. The molecular formula is C24H40F3N5O2. The van der Waals surface area contributed by atoms with Crippen LogP contribution in [-0.4, -0.2) is 80.3 Å². The van der Waals surface area contributed by atoms with Crippen molar-refractivity contribution in [3.63, 3.8) is 0 Å². The summed E-state index contributed by atoms with van der Waals surface area (Å²) in [4.78, 5) is 27.0. The number of piperidine rings is 3. The molecule has 0 aromatic carbocycles. The first-order valence-electron chi connectivity index (χ1n) is 13.1. The average Bonchev–Trinajstić information content (AvgIpc) is 3.28. The molecule has 2 amide bonds. The summed E-state index contributed by atoms with van der Waals surface area (Å²) in [7, 11) is 0. The van der Waals surface area contributed by atoms with E-state index in [4.69, 9.17) is 0 Å². The van der Waals surface area contributed by atoms with Gasteiger partial charge < -0.3 is 26.2 Å². The Morgan fingerprint density at radius 1 is 1.00 bits per heavy atom. The lowest BCUT2D eigenvalue weighted by atomic mass is 9.89. The van der Waals surface area contributed by atoms with Crippen molar-refractivity contribution in [3.8, 4) is 0 Å². The molecule has 4 saturated heterocycles. The number of fused-ring (bicyclic) bond motifs is 1. The average molecular weight is 488 g/mol. The van der Waals surface area contributed by atoms with Crippen LogP contribution in [0.25, 0.3) is 0 Å². The van der Waals surface area contributed by atoms with E-state index in [1.165, 1.54) is 0 Å². The zero-order valence-electron chi connectivity index (χ0n) is 20.0. The number of alkyl halides is 3. The molecule has 0 spiro atoms. The molecular weight excluding hydrogens is 447 g/mol. The quantitative estimate of drug-likeness (QED) is 0.412. The molecule has 5 unspecified atom stereocenters. The fourth-order valence-electron chi connectivity index (χ4n) is 6.14. The van der Waals surface area contributed by atoms with Crippen LogP contribution in [0.2, 0.25) is 0 Å². The molecule has 0 radical (unpaired) electrons. The van der Waals surface area contributed by atoms with Crippen molar-refractivity contribution >= 4 is 11.8 Å². The molecule has 4 heterocycles. The Morgan fingerprint density at radius 2 is 1.79 bits per heavy atom. The van der Waals surface area contributed by atoms with Gasteiger partial charge in [0.05, 0.1) is 12.0 Å². The van der Waals surface area contributed by atoms with Crippen LogP contribution < -0.4 is 21.3 Å². The highest BCUT2D eigenvalue weighted by molar-refractivity contribution is 5.82. The Hall–Kier alpha value is -1.39. The van der Waals surface area contributed by atoms with Gasteiger partial charge in [0.25, 0.3) is 0 Å². The van der Waals surface area contributed by atoms with Crippen LogP contribution >= 0.6 is 0 Å². The molecule has 0 aromatic heterocycles. The van der Waals surface area contributed by atoms with E-state index in [0.29, 0.717) is 43.9 Å². The molecule has 0 saturated carbocycles. The Kier molecular flexibility index (Phi) is 8.74. The van der Waals surface area contributed by atoms with E-state index in [1.807, 2.05) is 4.90 Å². The van der Waals surface area contributed by atoms with Crippen LogP contribution in [0.3, 0.4) is 0 Å². The van der Waals surface area contributed by atoms with Crippen molar-refractivity contribution in [3.05, 3.63) is 0 Å². The van der Waals surface area contributed by atoms with Gasteiger partial charge in [0.1, 0.15) is 6.04 Å². The van der Waals surface area contributed by atoms with Gasteiger partial charge in [-0.3, -0.25) is 9.59 Å². The maximum atomic E-state index is 12.8. The molecule has 0 aliphatic carbocycles. The molecule has 4 rings (SSSR count). The number of nitrogens with one attached hydrogen (secondary N) is 4. The molecule has 10 heteroatoms. The number of hydrogen-bond acceptors (Lipinski definition) is 5. The van der Waals surface area contributed by atoms with Crippen LogP contribution in [0.4, 0.5) is 13.2 Å². The maximum Gasteiger partial charge on any atom is 0.403 e. The summed E-state index contributed by atoms with van der Waals surface area (Å²) >= 11 is 0. The van der Waals surface area contributed by atoms with E-state index in [2.05, 4.69) is 21.3 Å². The van der Waals surface area contributed by atoms with Crippen LogP contribution in [-0.2, 0) is 9.59 Å². The normalized spacial score (nSPS) is 32.9. The number of halogens is 3. The number of carbonyl (C=O) groups is 2. The predicted octanol–water partition coefficient (Wildman–Crippen LogP) is 1.78. The van der Waals surface area contributed by atoms with Crippen molar-refractivity contribution in [2.75, 3.05) is 39.3 Å². The number of amides is 2. The summed E-state index contributed by atoms with van der Waals surface area (Å²) in [5, 5.41) is 12.5. The third-order valence-corrected chi connectivity index (χ3v) is 8.30. The number of hydrogen-bond donors (Lipinski definition) is 4. The van der Waals surface area contributed by atoms with Crippen molar-refractivity contribution in [2.24, 2.45) is 17.8 Å². The molecule has 4 fully saturated rings. The lowest BCUT2D eigenvalue weighted by Gasteiger charge is -2.37. The first-order valence-corrected chi connectivity index (χ1v) is 13.1. The second-order valence-corrected chi connectivity index (χ2v) is 10.6. The highest BCUT2D eigenvalue weighted by Crippen LogP contribution is 2.30. The first kappa shape index (κ1) is 25.7. The van der Waals surface area contributed by atoms with E-state index in [0.717, 1.165) is 58.0 Å². The number of unbranched alkanes of at least 4 members (excludes halogenated alkanes) is 1. The Morgan fingerprint density at radius 3 is 2.47 bits per heavy atom. The highest BCUT2D eigenvalue weighted by atomic mass is 19.4. The third-order valence-electron chi connectivity index (χ3n) is 8.30. The molecule has 194 valence electrons. The molecule has 34 heavy (non-hydrogen) atoms. The van der Waals surface area contributed by atoms with Crippen molar-refractivity contribution < 1.29 is 22.8 Å². The Labute approximate surface area is 200 Å². The van der Waals surface area contributed by atoms with E-state index in [-0.39, 0.29) is 36.7 Å². The Bertz CT molecular complexity index is 677. The Balaban J connectivity index is 1.05. The summed E-state index contributed by atoms with van der Waals surface area (Å²) in [6.45, 7) is 4.24. The minimum Gasteiger partial charge on any atom is -0.355 e. The second-order valence-electron chi connectivity index (χ2n) is 10.6. The molecule has 0 bridgehead atoms. The van der Waals surface area contributed by atoms with Gasteiger partial charge in [-0.2, -0.15) is 13.2 Å². The van der Waals surface area contributed by atoms with E-state index < -0.39 is 12.2 Å². The molecule has 4 N–H and O–H groups in total. The van der Waals surface area contributed by atoms with Crippen molar-refractivity contribution in [2.45, 2.75) is 82.1 Å². The summed E-state index contributed by atoms with van der Waals surface area (Å²) in [5.74, 6) is 0.929. The lowest BCUT2D eigenvalue weighted by Crippen LogP contribution is -2.52. The van der Waals surface area contributed by atoms with Gasteiger partial charge in [0.2, 0.25) is 11.8 Å². The number of carbonyl (C=O) groups excluding carboxylic acids is 2. The topological polar surface area (TPSA) is 85.5 Å².